The smallest absolute Gasteiger partial charge is 0.159 e. The van der Waals surface area contributed by atoms with Gasteiger partial charge in [0.05, 0.1) is 29.9 Å². The van der Waals surface area contributed by atoms with Crippen LogP contribution in [-0.4, -0.2) is 56.6 Å². The first-order valence-corrected chi connectivity index (χ1v) is 11.5. The molecule has 5 heterocycles. The van der Waals surface area contributed by atoms with Crippen LogP contribution in [0.5, 0.6) is 0 Å². The van der Waals surface area contributed by atoms with Crippen molar-refractivity contribution in [3.63, 3.8) is 0 Å². The molecular formula is C23H26ClN7O. The van der Waals surface area contributed by atoms with Gasteiger partial charge in [-0.3, -0.25) is 4.68 Å². The lowest BCUT2D eigenvalue weighted by atomic mass is 9.98. The van der Waals surface area contributed by atoms with E-state index in [1.807, 2.05) is 35.4 Å². The molecule has 166 valence electrons. The van der Waals surface area contributed by atoms with Gasteiger partial charge in [0.2, 0.25) is 0 Å². The third-order valence-electron chi connectivity index (χ3n) is 6.89. The van der Waals surface area contributed by atoms with Gasteiger partial charge in [-0.05, 0) is 31.7 Å². The molecule has 32 heavy (non-hydrogen) atoms. The van der Waals surface area contributed by atoms with Crippen LogP contribution in [0.4, 0.5) is 5.82 Å². The number of hydrogen-bond donors (Lipinski definition) is 2. The maximum atomic E-state index is 6.83. The fourth-order valence-corrected chi connectivity index (χ4v) is 5.74. The lowest BCUT2D eigenvalue weighted by molar-refractivity contribution is 0.184. The summed E-state index contributed by atoms with van der Waals surface area (Å²) < 4.78 is 7.02. The van der Waals surface area contributed by atoms with E-state index >= 15 is 0 Å². The number of nitrogens with zero attached hydrogens (tertiary/aromatic N) is 5. The molecule has 2 bridgehead atoms. The number of methoxy groups -OCH3 is 1. The molecule has 0 saturated carbocycles. The number of aromatic nitrogens is 5. The zero-order chi connectivity index (χ0) is 21.8. The maximum absolute atomic E-state index is 6.83. The van der Waals surface area contributed by atoms with E-state index in [1.165, 1.54) is 12.8 Å². The number of nitrogens with two attached hydrogens (primary N) is 1. The minimum absolute atomic E-state index is 0.299. The number of benzene rings is 1. The zero-order valence-electron chi connectivity index (χ0n) is 18.0. The number of H-pyrrole nitrogens is 1. The fourth-order valence-electron chi connectivity index (χ4n) is 5.43. The second-order valence-electron chi connectivity index (χ2n) is 8.90. The minimum atomic E-state index is 0.299. The van der Waals surface area contributed by atoms with Gasteiger partial charge in [0.25, 0.3) is 0 Å². The largest absolute Gasteiger partial charge is 0.383 e. The molecule has 6 rings (SSSR count). The number of nitrogens with one attached hydrogen (secondary N) is 1. The molecule has 0 aliphatic carbocycles. The Morgan fingerprint density at radius 3 is 2.81 bits per heavy atom. The summed E-state index contributed by atoms with van der Waals surface area (Å²) in [6.07, 6.45) is 10.2. The number of anilines is 1. The summed E-state index contributed by atoms with van der Waals surface area (Å²) >= 11 is 6.83. The summed E-state index contributed by atoms with van der Waals surface area (Å²) in [5, 5.41) is 6.17. The summed E-state index contributed by atoms with van der Waals surface area (Å²) in [7, 11) is 1.68. The summed E-state index contributed by atoms with van der Waals surface area (Å²) in [6, 6.07) is 5.24. The van der Waals surface area contributed by atoms with Crippen molar-refractivity contribution in [2.75, 3.05) is 18.6 Å². The van der Waals surface area contributed by atoms with Crippen LogP contribution < -0.4 is 10.6 Å². The second kappa shape index (κ2) is 7.72. The fraction of sp³-hybridized carbons (Fsp3) is 0.435. The van der Waals surface area contributed by atoms with Gasteiger partial charge >= 0.3 is 0 Å². The zero-order valence-corrected chi connectivity index (χ0v) is 18.7. The van der Waals surface area contributed by atoms with Gasteiger partial charge in [-0.15, -0.1) is 0 Å². The Kier molecular flexibility index (Phi) is 4.82. The Hall–Kier alpha value is -2.68. The molecule has 2 aliphatic rings. The standard InChI is InChI=1S/C23H26ClN7O/c1-32-7-6-30-12-18-19(29-30)5-4-16(21(18)24)17-10-27-23-22(17)26-11-20(28-23)31-14-2-3-15(31)9-13(25)8-14/h4-5,10-15H,2-3,6-9,25H2,1H3,(H,27,28)/t13?,14-,15?/m1/s1. The molecule has 8 nitrogen and oxygen atoms in total. The molecule has 2 saturated heterocycles. The van der Waals surface area contributed by atoms with Crippen molar-refractivity contribution >= 4 is 39.5 Å². The van der Waals surface area contributed by atoms with Crippen LogP contribution >= 0.6 is 11.6 Å². The van der Waals surface area contributed by atoms with Crippen molar-refractivity contribution in [2.45, 2.75) is 50.4 Å². The van der Waals surface area contributed by atoms with Crippen molar-refractivity contribution in [2.24, 2.45) is 5.73 Å². The third kappa shape index (κ3) is 3.17. The second-order valence-corrected chi connectivity index (χ2v) is 9.27. The van der Waals surface area contributed by atoms with Crippen LogP contribution in [0, 0.1) is 0 Å². The van der Waals surface area contributed by atoms with Crippen LogP contribution in [0.15, 0.2) is 30.7 Å². The molecule has 3 atom stereocenters. The monoisotopic (exact) mass is 451 g/mol. The minimum Gasteiger partial charge on any atom is -0.383 e. The molecule has 9 heteroatoms. The number of fused-ring (bicyclic) bond motifs is 4. The van der Waals surface area contributed by atoms with Crippen molar-refractivity contribution in [1.82, 2.24) is 24.7 Å². The molecule has 0 spiro atoms. The predicted octanol–water partition coefficient (Wildman–Crippen LogP) is 3.73. The highest BCUT2D eigenvalue weighted by Gasteiger charge is 2.40. The van der Waals surface area contributed by atoms with Gasteiger partial charge in [0.1, 0.15) is 11.3 Å². The number of hydrogen-bond acceptors (Lipinski definition) is 6. The first kappa shape index (κ1) is 20.0. The van der Waals surface area contributed by atoms with E-state index < -0.39 is 0 Å². The average Bonchev–Trinajstić information content (AvgIpc) is 3.47. The Labute approximate surface area is 190 Å². The number of rotatable bonds is 5. The molecule has 2 unspecified atom stereocenters. The van der Waals surface area contributed by atoms with Crippen LogP contribution in [0.3, 0.4) is 0 Å². The number of aromatic amines is 1. The Bertz CT molecular complexity index is 1280. The van der Waals surface area contributed by atoms with Gasteiger partial charge in [-0.1, -0.05) is 17.7 Å². The highest BCUT2D eigenvalue weighted by molar-refractivity contribution is 6.38. The first-order chi connectivity index (χ1) is 15.6. The van der Waals surface area contributed by atoms with Gasteiger partial charge in [0, 0.05) is 54.1 Å². The van der Waals surface area contributed by atoms with E-state index in [9.17, 15) is 0 Å². The van der Waals surface area contributed by atoms with E-state index in [4.69, 9.17) is 32.0 Å². The lowest BCUT2D eigenvalue weighted by Crippen LogP contribution is -2.47. The molecule has 2 aliphatic heterocycles. The van der Waals surface area contributed by atoms with E-state index in [-0.39, 0.29) is 0 Å². The molecule has 4 aromatic rings. The van der Waals surface area contributed by atoms with E-state index in [0.717, 1.165) is 51.9 Å². The molecule has 3 aromatic heterocycles. The summed E-state index contributed by atoms with van der Waals surface area (Å²) in [5.74, 6) is 0.936. The predicted molar refractivity (Wildman–Crippen MR) is 126 cm³/mol. The van der Waals surface area contributed by atoms with Crippen molar-refractivity contribution in [1.29, 1.82) is 0 Å². The summed E-state index contributed by atoms with van der Waals surface area (Å²) in [6.45, 7) is 1.28. The van der Waals surface area contributed by atoms with Crippen LogP contribution in [0.2, 0.25) is 5.02 Å². The summed E-state index contributed by atoms with van der Waals surface area (Å²) in [5.41, 5.74) is 10.6. The molecule has 0 radical (unpaired) electrons. The Balaban J connectivity index is 1.36. The highest BCUT2D eigenvalue weighted by atomic mass is 35.5. The van der Waals surface area contributed by atoms with Gasteiger partial charge in [-0.25, -0.2) is 9.97 Å². The van der Waals surface area contributed by atoms with Crippen molar-refractivity contribution in [3.05, 3.63) is 35.7 Å². The van der Waals surface area contributed by atoms with Gasteiger partial charge in [0.15, 0.2) is 5.65 Å². The third-order valence-corrected chi connectivity index (χ3v) is 7.30. The lowest BCUT2D eigenvalue weighted by Gasteiger charge is -2.38. The molecule has 1 aromatic carbocycles. The van der Waals surface area contributed by atoms with Crippen LogP contribution in [0.25, 0.3) is 33.2 Å². The quantitative estimate of drug-likeness (QED) is 0.479. The van der Waals surface area contributed by atoms with Crippen LogP contribution in [0.1, 0.15) is 25.7 Å². The SMILES string of the molecule is COCCn1cc2c(Cl)c(-c3c[nH]c4nc(N5C6CC[C@@H]5CC(N)C6)cnc34)ccc2n1. The van der Waals surface area contributed by atoms with E-state index in [2.05, 4.69) is 15.0 Å². The highest BCUT2D eigenvalue weighted by Crippen LogP contribution is 2.40. The van der Waals surface area contributed by atoms with Crippen molar-refractivity contribution < 1.29 is 4.74 Å². The Morgan fingerprint density at radius 1 is 1.22 bits per heavy atom. The maximum Gasteiger partial charge on any atom is 0.159 e. The molecule has 3 N–H and O–H groups in total. The number of halogens is 1. The normalized spacial score (nSPS) is 23.0. The number of ether oxygens (including phenoxy) is 1. The number of piperidine rings is 1. The van der Waals surface area contributed by atoms with Gasteiger partial charge in [-0.2, -0.15) is 5.10 Å². The van der Waals surface area contributed by atoms with Gasteiger partial charge < -0.3 is 20.4 Å². The molecular weight excluding hydrogens is 426 g/mol. The van der Waals surface area contributed by atoms with E-state index in [0.29, 0.717) is 36.3 Å². The molecule has 2 fully saturated rings. The average molecular weight is 452 g/mol. The first-order valence-electron chi connectivity index (χ1n) is 11.2. The Morgan fingerprint density at radius 2 is 2.03 bits per heavy atom. The van der Waals surface area contributed by atoms with Crippen LogP contribution in [-0.2, 0) is 11.3 Å². The van der Waals surface area contributed by atoms with E-state index in [1.54, 1.807) is 7.11 Å². The topological polar surface area (TPSA) is 97.9 Å². The van der Waals surface area contributed by atoms with Crippen molar-refractivity contribution in [3.8, 4) is 11.1 Å². The summed E-state index contributed by atoms with van der Waals surface area (Å²) in [4.78, 5) is 15.5. The molecule has 0 amide bonds.